The van der Waals surface area contributed by atoms with Crippen molar-refractivity contribution in [3.63, 3.8) is 0 Å². The third-order valence-corrected chi connectivity index (χ3v) is 5.54. The third-order valence-electron chi connectivity index (χ3n) is 5.54. The van der Waals surface area contributed by atoms with Crippen LogP contribution < -0.4 is 10.1 Å². The van der Waals surface area contributed by atoms with Crippen LogP contribution in [0, 0.1) is 0 Å². The molecule has 2 N–H and O–H groups in total. The Hall–Kier alpha value is -3.22. The largest absolute Gasteiger partial charge is 0.504 e. The molecule has 7 nitrogen and oxygen atoms in total. The fourth-order valence-electron chi connectivity index (χ4n) is 3.85. The van der Waals surface area contributed by atoms with Gasteiger partial charge in [0.2, 0.25) is 0 Å². The number of hydrogen-bond acceptors (Lipinski definition) is 5. The number of urea groups is 1. The van der Waals surface area contributed by atoms with Crippen LogP contribution in [0.1, 0.15) is 36.6 Å². The molecule has 3 rings (SSSR count). The summed E-state index contributed by atoms with van der Waals surface area (Å²) in [5.74, 6) is -0.332. The van der Waals surface area contributed by atoms with E-state index in [-0.39, 0.29) is 23.6 Å². The molecule has 0 aliphatic carbocycles. The van der Waals surface area contributed by atoms with Gasteiger partial charge in [-0.25, -0.2) is 9.59 Å². The molecule has 154 valence electrons. The molecular weight excluding hydrogens is 372 g/mol. The Morgan fingerprint density at radius 3 is 2.52 bits per heavy atom. The Kier molecular flexibility index (Phi) is 5.68. The average molecular weight is 398 g/mol. The summed E-state index contributed by atoms with van der Waals surface area (Å²) in [6.45, 7) is 3.85. The van der Waals surface area contributed by atoms with Gasteiger partial charge in [0.1, 0.15) is 0 Å². The molecule has 2 atom stereocenters. The van der Waals surface area contributed by atoms with Crippen molar-refractivity contribution in [2.24, 2.45) is 0 Å². The lowest BCUT2D eigenvalue weighted by Crippen LogP contribution is -2.59. The van der Waals surface area contributed by atoms with E-state index in [1.54, 1.807) is 19.1 Å². The molecule has 0 spiro atoms. The third kappa shape index (κ3) is 3.60. The van der Waals surface area contributed by atoms with Gasteiger partial charge in [-0.15, -0.1) is 0 Å². The van der Waals surface area contributed by atoms with Crippen molar-refractivity contribution >= 4 is 12.0 Å². The van der Waals surface area contributed by atoms with Crippen LogP contribution in [0.2, 0.25) is 0 Å². The summed E-state index contributed by atoms with van der Waals surface area (Å²) in [5.41, 5.74) is 0.956. The van der Waals surface area contributed by atoms with E-state index >= 15 is 0 Å². The summed E-state index contributed by atoms with van der Waals surface area (Å²) in [6.07, 6.45) is 0.493. The molecule has 29 heavy (non-hydrogen) atoms. The summed E-state index contributed by atoms with van der Waals surface area (Å²) in [7, 11) is 2.73. The molecule has 0 unspecified atom stereocenters. The molecule has 7 heteroatoms. The van der Waals surface area contributed by atoms with Crippen LogP contribution in [0.15, 0.2) is 42.5 Å². The summed E-state index contributed by atoms with van der Waals surface area (Å²) in [6, 6.07) is 12.2. The Morgan fingerprint density at radius 2 is 1.90 bits per heavy atom. The first-order chi connectivity index (χ1) is 13.8. The lowest BCUT2D eigenvalue weighted by molar-refractivity contribution is -0.153. The molecule has 0 saturated heterocycles. The minimum absolute atomic E-state index is 0.00549. The summed E-state index contributed by atoms with van der Waals surface area (Å²) >= 11 is 0. The average Bonchev–Trinajstić information content (AvgIpc) is 2.73. The molecule has 2 aromatic carbocycles. The predicted octanol–water partition coefficient (Wildman–Crippen LogP) is 3.12. The fraction of sp³-hybridized carbons (Fsp3) is 0.364. The quantitative estimate of drug-likeness (QED) is 0.773. The number of fused-ring (bicyclic) bond motifs is 1. The number of carbonyl (C=O) groups excluding carboxylic acids is 2. The molecule has 1 heterocycles. The van der Waals surface area contributed by atoms with E-state index < -0.39 is 11.5 Å². The van der Waals surface area contributed by atoms with Gasteiger partial charge in [0, 0.05) is 6.54 Å². The highest BCUT2D eigenvalue weighted by Crippen LogP contribution is 2.41. The second kappa shape index (κ2) is 8.03. The highest BCUT2D eigenvalue weighted by molar-refractivity contribution is 5.89. The van der Waals surface area contributed by atoms with Gasteiger partial charge in [-0.05, 0) is 49.1 Å². The number of phenols is 1. The molecule has 0 fully saturated rings. The number of ether oxygens (including phenoxy) is 2. The minimum Gasteiger partial charge on any atom is -0.504 e. The van der Waals surface area contributed by atoms with Crippen molar-refractivity contribution < 1.29 is 24.2 Å². The molecule has 0 bridgehead atoms. The lowest BCUT2D eigenvalue weighted by atomic mass is 9.81. The van der Waals surface area contributed by atoms with Gasteiger partial charge in [0.25, 0.3) is 0 Å². The van der Waals surface area contributed by atoms with Crippen LogP contribution in [0.4, 0.5) is 4.79 Å². The first-order valence-electron chi connectivity index (χ1n) is 9.44. The molecule has 2 aromatic rings. The van der Waals surface area contributed by atoms with Gasteiger partial charge in [-0.3, -0.25) is 0 Å². The molecular formula is C22H26N2O5. The first-order valence-corrected chi connectivity index (χ1v) is 9.44. The number of carbonyl (C=O) groups is 2. The number of rotatable bonds is 4. The number of hydrogen-bond donors (Lipinski definition) is 2. The van der Waals surface area contributed by atoms with Crippen LogP contribution in [-0.2, 0) is 21.5 Å². The van der Waals surface area contributed by atoms with Crippen molar-refractivity contribution in [2.45, 2.75) is 31.8 Å². The van der Waals surface area contributed by atoms with Crippen molar-refractivity contribution in [1.82, 2.24) is 10.2 Å². The van der Waals surface area contributed by atoms with Crippen LogP contribution >= 0.6 is 0 Å². The summed E-state index contributed by atoms with van der Waals surface area (Å²) in [5, 5.41) is 13.1. The first kappa shape index (κ1) is 20.5. The van der Waals surface area contributed by atoms with Gasteiger partial charge in [0.15, 0.2) is 17.0 Å². The maximum Gasteiger partial charge on any atom is 0.336 e. The van der Waals surface area contributed by atoms with Gasteiger partial charge in [-0.2, -0.15) is 0 Å². The van der Waals surface area contributed by atoms with E-state index in [1.165, 1.54) is 19.1 Å². The number of esters is 1. The maximum atomic E-state index is 13.2. The number of phenolic OH excluding ortho intramolecular Hbond substituents is 1. The Labute approximate surface area is 170 Å². The highest BCUT2D eigenvalue weighted by atomic mass is 16.5. The zero-order chi connectivity index (χ0) is 21.2. The highest BCUT2D eigenvalue weighted by Gasteiger charge is 2.49. The lowest BCUT2D eigenvalue weighted by Gasteiger charge is -2.44. The Balaban J connectivity index is 1.98. The minimum atomic E-state index is -1.36. The topological polar surface area (TPSA) is 88.1 Å². The van der Waals surface area contributed by atoms with Gasteiger partial charge < -0.3 is 24.8 Å². The smallest absolute Gasteiger partial charge is 0.336 e. The fourth-order valence-corrected chi connectivity index (χ4v) is 3.85. The zero-order valence-corrected chi connectivity index (χ0v) is 17.1. The maximum absolute atomic E-state index is 13.2. The van der Waals surface area contributed by atoms with Crippen molar-refractivity contribution in [3.8, 4) is 11.5 Å². The molecule has 1 aliphatic rings. The van der Waals surface area contributed by atoms with E-state index in [1.807, 2.05) is 37.3 Å². The number of amides is 2. The van der Waals surface area contributed by atoms with Crippen LogP contribution in [0.25, 0.3) is 0 Å². The Bertz CT molecular complexity index is 915. The summed E-state index contributed by atoms with van der Waals surface area (Å²) in [4.78, 5) is 27.5. The number of methoxy groups -OCH3 is 2. The zero-order valence-electron chi connectivity index (χ0n) is 17.1. The van der Waals surface area contributed by atoms with Gasteiger partial charge in [0.05, 0.1) is 20.3 Å². The van der Waals surface area contributed by atoms with Crippen LogP contribution in [0.5, 0.6) is 11.5 Å². The number of nitrogens with zero attached hydrogens (tertiary/aromatic N) is 1. The van der Waals surface area contributed by atoms with E-state index in [0.717, 1.165) is 11.1 Å². The molecule has 0 radical (unpaired) electrons. The monoisotopic (exact) mass is 398 g/mol. The van der Waals surface area contributed by atoms with E-state index in [2.05, 4.69) is 5.32 Å². The Morgan fingerprint density at radius 1 is 1.21 bits per heavy atom. The number of benzene rings is 2. The van der Waals surface area contributed by atoms with Crippen LogP contribution in [-0.4, -0.2) is 42.8 Å². The standard InChI is InChI=1S/C22H26N2O5/c1-14(15-8-6-5-7-9-15)23-21(27)24-11-10-16-12-18(25)19(28-3)13-17(16)22(24,2)20(26)29-4/h5-9,12-14,25H,10-11H2,1-4H3,(H,23,27)/t14-,22+/m1/s1. The number of nitrogens with one attached hydrogen (secondary N) is 1. The van der Waals surface area contributed by atoms with Crippen LogP contribution in [0.3, 0.4) is 0 Å². The van der Waals surface area contributed by atoms with Crippen molar-refractivity contribution in [3.05, 3.63) is 59.2 Å². The van der Waals surface area contributed by atoms with Crippen molar-refractivity contribution in [2.75, 3.05) is 20.8 Å². The second-order valence-electron chi connectivity index (χ2n) is 7.23. The van der Waals surface area contributed by atoms with E-state index in [4.69, 9.17) is 9.47 Å². The van der Waals surface area contributed by atoms with E-state index in [9.17, 15) is 14.7 Å². The van der Waals surface area contributed by atoms with E-state index in [0.29, 0.717) is 18.5 Å². The van der Waals surface area contributed by atoms with Gasteiger partial charge in [-0.1, -0.05) is 30.3 Å². The summed E-state index contributed by atoms with van der Waals surface area (Å²) < 4.78 is 10.3. The molecule has 0 aromatic heterocycles. The number of aromatic hydroxyl groups is 1. The molecule has 1 aliphatic heterocycles. The van der Waals surface area contributed by atoms with Crippen molar-refractivity contribution in [1.29, 1.82) is 0 Å². The SMILES string of the molecule is COC(=O)[C@]1(C)c2cc(OC)c(O)cc2CCN1C(=O)N[C@H](C)c1ccccc1. The van der Waals surface area contributed by atoms with Gasteiger partial charge >= 0.3 is 12.0 Å². The molecule has 2 amide bonds. The predicted molar refractivity (Wildman–Crippen MR) is 108 cm³/mol. The molecule has 0 saturated carbocycles. The second-order valence-corrected chi connectivity index (χ2v) is 7.23. The normalized spacial score (nSPS) is 19.1.